The highest BCUT2D eigenvalue weighted by molar-refractivity contribution is 7.13. The zero-order valence-corrected chi connectivity index (χ0v) is 15.6. The summed E-state index contributed by atoms with van der Waals surface area (Å²) in [6.07, 6.45) is 0. The van der Waals surface area contributed by atoms with Gasteiger partial charge in [-0.25, -0.2) is 0 Å². The van der Waals surface area contributed by atoms with Crippen LogP contribution in [0, 0.1) is 6.92 Å². The lowest BCUT2D eigenvalue weighted by Crippen LogP contribution is -2.48. The van der Waals surface area contributed by atoms with Gasteiger partial charge in [0.25, 0.3) is 5.91 Å². The first-order valence-electron chi connectivity index (χ1n) is 8.86. The minimum atomic E-state index is 0.0135. The lowest BCUT2D eigenvalue weighted by Gasteiger charge is -2.34. The summed E-state index contributed by atoms with van der Waals surface area (Å²) < 4.78 is 0. The number of amides is 1. The van der Waals surface area contributed by atoms with Gasteiger partial charge in [0.2, 0.25) is 0 Å². The molecule has 1 amide bonds. The van der Waals surface area contributed by atoms with Gasteiger partial charge in [0.15, 0.2) is 5.69 Å². The Labute approximate surface area is 157 Å². The number of nitrogens with zero attached hydrogens (tertiary/aromatic N) is 3. The second-order valence-electron chi connectivity index (χ2n) is 6.64. The molecule has 1 aliphatic heterocycles. The molecule has 0 aliphatic carbocycles. The fourth-order valence-electron chi connectivity index (χ4n) is 3.29. The Hall–Kier alpha value is -2.44. The summed E-state index contributed by atoms with van der Waals surface area (Å²) in [7, 11) is 0. The van der Waals surface area contributed by atoms with E-state index >= 15 is 0 Å². The van der Waals surface area contributed by atoms with Gasteiger partial charge in [-0.2, -0.15) is 5.10 Å². The van der Waals surface area contributed by atoms with Gasteiger partial charge in [0.1, 0.15) is 0 Å². The molecule has 1 saturated heterocycles. The van der Waals surface area contributed by atoms with Crippen LogP contribution in [0.5, 0.6) is 0 Å². The number of aromatic nitrogens is 2. The highest BCUT2D eigenvalue weighted by Crippen LogP contribution is 2.23. The van der Waals surface area contributed by atoms with Crippen molar-refractivity contribution < 1.29 is 4.79 Å². The maximum absolute atomic E-state index is 12.7. The van der Waals surface area contributed by atoms with Crippen molar-refractivity contribution in [2.24, 2.45) is 0 Å². The van der Waals surface area contributed by atoms with Gasteiger partial charge in [0.05, 0.1) is 10.6 Å². The molecule has 3 aromatic rings. The third-order valence-electron chi connectivity index (χ3n) is 4.90. The lowest BCUT2D eigenvalue weighted by atomic mass is 10.1. The van der Waals surface area contributed by atoms with Crippen LogP contribution in [0.4, 0.5) is 0 Å². The van der Waals surface area contributed by atoms with E-state index in [2.05, 4.69) is 46.3 Å². The number of carbonyl (C=O) groups excluding carboxylic acids is 1. The summed E-state index contributed by atoms with van der Waals surface area (Å²) in [4.78, 5) is 18.1. The van der Waals surface area contributed by atoms with Crippen molar-refractivity contribution in [3.8, 4) is 10.6 Å². The van der Waals surface area contributed by atoms with Crippen molar-refractivity contribution in [1.29, 1.82) is 0 Å². The van der Waals surface area contributed by atoms with Crippen LogP contribution in [-0.4, -0.2) is 52.1 Å². The first kappa shape index (κ1) is 17.0. The second-order valence-corrected chi connectivity index (χ2v) is 7.59. The third kappa shape index (κ3) is 3.57. The maximum Gasteiger partial charge on any atom is 0.274 e. The number of thiophene rings is 1. The van der Waals surface area contributed by atoms with Crippen molar-refractivity contribution in [3.05, 3.63) is 64.7 Å². The number of aromatic amines is 1. The van der Waals surface area contributed by atoms with E-state index in [0.717, 1.165) is 43.3 Å². The smallest absolute Gasteiger partial charge is 0.274 e. The van der Waals surface area contributed by atoms with E-state index in [0.29, 0.717) is 5.69 Å². The molecule has 2 aromatic heterocycles. The average molecular weight is 366 g/mol. The Morgan fingerprint density at radius 3 is 2.69 bits per heavy atom. The van der Waals surface area contributed by atoms with Crippen molar-refractivity contribution in [2.75, 3.05) is 26.2 Å². The van der Waals surface area contributed by atoms with Crippen LogP contribution >= 0.6 is 11.3 Å². The fraction of sp³-hybridized carbons (Fsp3) is 0.300. The predicted octanol–water partition coefficient (Wildman–Crippen LogP) is 3.40. The molecule has 5 nitrogen and oxygen atoms in total. The topological polar surface area (TPSA) is 52.2 Å². The predicted molar refractivity (Wildman–Crippen MR) is 104 cm³/mol. The Morgan fingerprint density at radius 1 is 1.15 bits per heavy atom. The molecule has 6 heteroatoms. The molecule has 0 atom stereocenters. The Morgan fingerprint density at radius 2 is 1.96 bits per heavy atom. The van der Waals surface area contributed by atoms with E-state index in [-0.39, 0.29) is 5.91 Å². The number of piperazine rings is 1. The van der Waals surface area contributed by atoms with Crippen molar-refractivity contribution in [3.63, 3.8) is 0 Å². The van der Waals surface area contributed by atoms with Crippen LogP contribution < -0.4 is 0 Å². The molecular weight excluding hydrogens is 344 g/mol. The molecule has 4 rings (SSSR count). The third-order valence-corrected chi connectivity index (χ3v) is 5.80. The molecule has 0 radical (unpaired) electrons. The molecular formula is C20H22N4OS. The first-order valence-corrected chi connectivity index (χ1v) is 9.74. The molecule has 1 aliphatic rings. The number of rotatable bonds is 4. The van der Waals surface area contributed by atoms with E-state index in [1.807, 2.05) is 28.5 Å². The van der Waals surface area contributed by atoms with Crippen molar-refractivity contribution >= 4 is 17.2 Å². The quantitative estimate of drug-likeness (QED) is 0.770. The monoisotopic (exact) mass is 366 g/mol. The zero-order valence-electron chi connectivity index (χ0n) is 14.8. The largest absolute Gasteiger partial charge is 0.335 e. The van der Waals surface area contributed by atoms with Crippen molar-refractivity contribution in [2.45, 2.75) is 13.5 Å². The van der Waals surface area contributed by atoms with E-state index in [9.17, 15) is 4.79 Å². The van der Waals surface area contributed by atoms with Gasteiger partial charge >= 0.3 is 0 Å². The lowest BCUT2D eigenvalue weighted by molar-refractivity contribution is 0.0622. The van der Waals surface area contributed by atoms with Gasteiger partial charge in [0, 0.05) is 32.7 Å². The summed E-state index contributed by atoms with van der Waals surface area (Å²) in [5.74, 6) is 0.0135. The highest BCUT2D eigenvalue weighted by Gasteiger charge is 2.24. The molecule has 1 fully saturated rings. The van der Waals surface area contributed by atoms with E-state index in [1.54, 1.807) is 11.3 Å². The summed E-state index contributed by atoms with van der Waals surface area (Å²) in [6.45, 7) is 6.36. The van der Waals surface area contributed by atoms with Gasteiger partial charge in [-0.3, -0.25) is 14.8 Å². The number of nitrogens with one attached hydrogen (secondary N) is 1. The van der Waals surface area contributed by atoms with Crippen LogP contribution in [0.3, 0.4) is 0 Å². The molecule has 1 N–H and O–H groups in total. The number of H-pyrrole nitrogens is 1. The van der Waals surface area contributed by atoms with Gasteiger partial charge < -0.3 is 4.90 Å². The summed E-state index contributed by atoms with van der Waals surface area (Å²) in [5, 5.41) is 9.22. The summed E-state index contributed by atoms with van der Waals surface area (Å²) in [5.41, 5.74) is 4.09. The zero-order chi connectivity index (χ0) is 17.9. The number of carbonyl (C=O) groups is 1. The minimum Gasteiger partial charge on any atom is -0.335 e. The molecule has 0 saturated carbocycles. The molecule has 0 unspecified atom stereocenters. The summed E-state index contributed by atoms with van der Waals surface area (Å²) >= 11 is 1.64. The van der Waals surface area contributed by atoms with Crippen LogP contribution in [0.2, 0.25) is 0 Å². The minimum absolute atomic E-state index is 0.0135. The molecule has 0 bridgehead atoms. The van der Waals surface area contributed by atoms with Gasteiger partial charge in [-0.15, -0.1) is 11.3 Å². The average Bonchev–Trinajstić information content (AvgIpc) is 3.35. The SMILES string of the molecule is Cc1ccccc1CN1CCN(C(=O)c2cc(-c3cccs3)[nH]n2)CC1. The second kappa shape index (κ2) is 7.43. The van der Waals surface area contributed by atoms with Crippen LogP contribution in [0.15, 0.2) is 47.8 Å². The fourth-order valence-corrected chi connectivity index (χ4v) is 3.98. The van der Waals surface area contributed by atoms with Crippen LogP contribution in [-0.2, 0) is 6.54 Å². The van der Waals surface area contributed by atoms with Crippen LogP contribution in [0.25, 0.3) is 10.6 Å². The Bertz CT molecular complexity index is 879. The Balaban J connectivity index is 1.36. The molecule has 0 spiro atoms. The van der Waals surface area contributed by atoms with Crippen LogP contribution in [0.1, 0.15) is 21.6 Å². The van der Waals surface area contributed by atoms with E-state index in [1.165, 1.54) is 11.1 Å². The number of hydrogen-bond donors (Lipinski definition) is 1. The normalized spacial score (nSPS) is 15.3. The first-order chi connectivity index (χ1) is 12.7. The standard InChI is InChI=1S/C20H22N4OS/c1-15-5-2-3-6-16(15)14-23-8-10-24(11-9-23)20(25)18-13-17(21-22-18)19-7-4-12-26-19/h2-7,12-13H,8-11,14H2,1H3,(H,21,22). The van der Waals surface area contributed by atoms with E-state index in [4.69, 9.17) is 0 Å². The molecule has 3 heterocycles. The maximum atomic E-state index is 12.7. The van der Waals surface area contributed by atoms with Gasteiger partial charge in [-0.1, -0.05) is 30.3 Å². The Kier molecular flexibility index (Phi) is 4.86. The highest BCUT2D eigenvalue weighted by atomic mass is 32.1. The molecule has 26 heavy (non-hydrogen) atoms. The summed E-state index contributed by atoms with van der Waals surface area (Å²) in [6, 6.07) is 14.4. The van der Waals surface area contributed by atoms with Gasteiger partial charge in [-0.05, 0) is 35.6 Å². The van der Waals surface area contributed by atoms with E-state index < -0.39 is 0 Å². The number of benzene rings is 1. The number of aryl methyl sites for hydroxylation is 1. The molecule has 1 aromatic carbocycles. The molecule has 134 valence electrons. The number of hydrogen-bond acceptors (Lipinski definition) is 4. The van der Waals surface area contributed by atoms with Crippen molar-refractivity contribution in [1.82, 2.24) is 20.0 Å².